The number of rotatable bonds is 18. The predicted octanol–water partition coefficient (Wildman–Crippen LogP) is 7.70. The molecule has 0 spiro atoms. The van der Waals surface area contributed by atoms with Gasteiger partial charge < -0.3 is 9.80 Å². The van der Waals surface area contributed by atoms with Crippen molar-refractivity contribution in [3.8, 4) is 0 Å². The summed E-state index contributed by atoms with van der Waals surface area (Å²) in [5.41, 5.74) is 0. The van der Waals surface area contributed by atoms with E-state index in [4.69, 9.17) is 0 Å². The highest BCUT2D eigenvalue weighted by Gasteiger charge is 2.24. The summed E-state index contributed by atoms with van der Waals surface area (Å²) in [6.07, 6.45) is 27.6. The fourth-order valence-corrected chi connectivity index (χ4v) is 4.07. The second-order valence-corrected chi connectivity index (χ2v) is 8.29. The zero-order chi connectivity index (χ0) is 18.9. The van der Waals surface area contributed by atoms with Gasteiger partial charge in [-0.25, -0.2) is 0 Å². The van der Waals surface area contributed by atoms with E-state index in [1.807, 2.05) is 0 Å². The predicted molar refractivity (Wildman–Crippen MR) is 117 cm³/mol. The van der Waals surface area contributed by atoms with Crippen LogP contribution >= 0.6 is 0 Å². The third kappa shape index (κ3) is 10.5. The van der Waals surface area contributed by atoms with Crippen LogP contribution in [0.25, 0.3) is 0 Å². The molecule has 0 aromatic rings. The molecule has 0 aromatic carbocycles. The lowest BCUT2D eigenvalue weighted by molar-refractivity contribution is 0.135. The molecule has 1 rings (SSSR count). The first-order valence-electron chi connectivity index (χ1n) is 12.0. The Hall–Kier alpha value is -0.660. The van der Waals surface area contributed by atoms with Crippen molar-refractivity contribution < 1.29 is 0 Å². The van der Waals surface area contributed by atoms with Crippen LogP contribution in [0.15, 0.2) is 12.4 Å². The molecule has 154 valence electrons. The van der Waals surface area contributed by atoms with Gasteiger partial charge in [-0.2, -0.15) is 0 Å². The van der Waals surface area contributed by atoms with E-state index in [-0.39, 0.29) is 0 Å². The van der Waals surface area contributed by atoms with E-state index in [1.165, 1.54) is 116 Å². The Balaban J connectivity index is 2.33. The highest BCUT2D eigenvalue weighted by molar-refractivity contribution is 4.96. The SMILES string of the molecule is CCCCCCCCC1N(CCCCCC)C=CN1CCCCCCC. The van der Waals surface area contributed by atoms with Gasteiger partial charge in [0.15, 0.2) is 0 Å². The van der Waals surface area contributed by atoms with Crippen molar-refractivity contribution in [3.63, 3.8) is 0 Å². The second kappa shape index (κ2) is 16.5. The Morgan fingerprint density at radius 1 is 0.500 bits per heavy atom. The van der Waals surface area contributed by atoms with Crippen molar-refractivity contribution in [2.75, 3.05) is 13.1 Å². The number of unbranched alkanes of at least 4 members (excludes halogenated alkanes) is 12. The molecule has 2 nitrogen and oxygen atoms in total. The molecule has 0 amide bonds. The maximum absolute atomic E-state index is 2.65. The van der Waals surface area contributed by atoms with Gasteiger partial charge in [0.2, 0.25) is 0 Å². The Morgan fingerprint density at radius 2 is 0.885 bits per heavy atom. The number of hydrogen-bond acceptors (Lipinski definition) is 2. The van der Waals surface area contributed by atoms with E-state index in [2.05, 4.69) is 43.0 Å². The van der Waals surface area contributed by atoms with Gasteiger partial charge in [-0.15, -0.1) is 0 Å². The highest BCUT2D eigenvalue weighted by Crippen LogP contribution is 2.23. The molecule has 0 N–H and O–H groups in total. The molecule has 0 radical (unpaired) electrons. The van der Waals surface area contributed by atoms with Crippen molar-refractivity contribution in [2.45, 2.75) is 130 Å². The lowest BCUT2D eigenvalue weighted by atomic mass is 10.1. The molecule has 1 unspecified atom stereocenters. The molecular weight excluding hydrogens is 316 g/mol. The summed E-state index contributed by atoms with van der Waals surface area (Å²) in [7, 11) is 0. The smallest absolute Gasteiger partial charge is 0.101 e. The van der Waals surface area contributed by atoms with E-state index in [1.54, 1.807) is 0 Å². The van der Waals surface area contributed by atoms with Crippen molar-refractivity contribution in [1.29, 1.82) is 0 Å². The van der Waals surface area contributed by atoms with Gasteiger partial charge >= 0.3 is 0 Å². The van der Waals surface area contributed by atoms with E-state index in [0.717, 1.165) is 0 Å². The average Bonchev–Trinajstić information content (AvgIpc) is 3.03. The van der Waals surface area contributed by atoms with Gasteiger partial charge in [0.05, 0.1) is 0 Å². The molecule has 2 heteroatoms. The van der Waals surface area contributed by atoms with Gasteiger partial charge in [0, 0.05) is 25.5 Å². The Morgan fingerprint density at radius 3 is 1.38 bits per heavy atom. The lowest BCUT2D eigenvalue weighted by Crippen LogP contribution is -2.39. The lowest BCUT2D eigenvalue weighted by Gasteiger charge is -2.33. The molecule has 0 fully saturated rings. The molecule has 0 saturated carbocycles. The number of hydrogen-bond donors (Lipinski definition) is 0. The summed E-state index contributed by atoms with van der Waals surface area (Å²) >= 11 is 0. The van der Waals surface area contributed by atoms with Crippen LogP contribution in [0, 0.1) is 0 Å². The van der Waals surface area contributed by atoms with Crippen LogP contribution in [0.2, 0.25) is 0 Å². The maximum atomic E-state index is 2.65. The zero-order valence-electron chi connectivity index (χ0n) is 18.4. The first kappa shape index (κ1) is 23.4. The fourth-order valence-electron chi connectivity index (χ4n) is 4.07. The van der Waals surface area contributed by atoms with E-state index in [9.17, 15) is 0 Å². The average molecular weight is 365 g/mol. The van der Waals surface area contributed by atoms with Gasteiger partial charge in [-0.1, -0.05) is 97.8 Å². The van der Waals surface area contributed by atoms with Crippen LogP contribution in [0.5, 0.6) is 0 Å². The summed E-state index contributed by atoms with van der Waals surface area (Å²) < 4.78 is 0. The van der Waals surface area contributed by atoms with Gasteiger partial charge in [-0.3, -0.25) is 0 Å². The molecule has 0 aromatic heterocycles. The molecule has 1 aliphatic rings. The largest absolute Gasteiger partial charge is 0.356 e. The Labute approximate surface area is 165 Å². The van der Waals surface area contributed by atoms with E-state index < -0.39 is 0 Å². The quantitative estimate of drug-likeness (QED) is 0.230. The van der Waals surface area contributed by atoms with Crippen molar-refractivity contribution >= 4 is 0 Å². The normalized spacial score (nSPS) is 16.8. The van der Waals surface area contributed by atoms with E-state index in [0.29, 0.717) is 6.17 Å². The molecule has 1 aliphatic heterocycles. The third-order valence-electron chi connectivity index (χ3n) is 5.82. The molecule has 0 saturated heterocycles. The van der Waals surface area contributed by atoms with Crippen molar-refractivity contribution in [2.24, 2.45) is 0 Å². The van der Waals surface area contributed by atoms with Crippen LogP contribution in [0.1, 0.15) is 124 Å². The monoisotopic (exact) mass is 364 g/mol. The minimum absolute atomic E-state index is 0.647. The van der Waals surface area contributed by atoms with Crippen LogP contribution in [-0.2, 0) is 0 Å². The van der Waals surface area contributed by atoms with Crippen LogP contribution in [0.4, 0.5) is 0 Å². The molecule has 0 aliphatic carbocycles. The van der Waals surface area contributed by atoms with Crippen molar-refractivity contribution in [1.82, 2.24) is 9.80 Å². The first-order chi connectivity index (χ1) is 12.8. The maximum Gasteiger partial charge on any atom is 0.101 e. The fraction of sp³-hybridized carbons (Fsp3) is 0.917. The molecule has 1 heterocycles. The summed E-state index contributed by atoms with van der Waals surface area (Å²) in [6.45, 7) is 9.42. The molecule has 26 heavy (non-hydrogen) atoms. The van der Waals surface area contributed by atoms with Crippen molar-refractivity contribution in [3.05, 3.63) is 12.4 Å². The minimum Gasteiger partial charge on any atom is -0.356 e. The first-order valence-corrected chi connectivity index (χ1v) is 12.0. The van der Waals surface area contributed by atoms with Gasteiger partial charge in [-0.05, 0) is 25.7 Å². The molecule has 0 bridgehead atoms. The van der Waals surface area contributed by atoms with Crippen LogP contribution in [0.3, 0.4) is 0 Å². The molecule has 1 atom stereocenters. The second-order valence-electron chi connectivity index (χ2n) is 8.29. The summed E-state index contributed by atoms with van der Waals surface area (Å²) in [5, 5.41) is 0. The molecular formula is C24H48N2. The summed E-state index contributed by atoms with van der Waals surface area (Å²) in [4.78, 5) is 5.30. The highest BCUT2D eigenvalue weighted by atomic mass is 15.4. The summed E-state index contributed by atoms with van der Waals surface area (Å²) in [5.74, 6) is 0. The Kier molecular flexibility index (Phi) is 14.8. The standard InChI is InChI=1S/C24H48N2/c1-4-7-10-13-14-16-19-24-25(20-17-12-9-6-3)22-23-26(24)21-18-15-11-8-5-2/h22-24H,4-21H2,1-3H3. The zero-order valence-corrected chi connectivity index (χ0v) is 18.4. The van der Waals surface area contributed by atoms with E-state index >= 15 is 0 Å². The summed E-state index contributed by atoms with van der Waals surface area (Å²) in [6, 6.07) is 0. The Bertz CT molecular complexity index is 326. The topological polar surface area (TPSA) is 6.48 Å². The third-order valence-corrected chi connectivity index (χ3v) is 5.82. The van der Waals surface area contributed by atoms with Crippen LogP contribution in [-0.4, -0.2) is 29.1 Å². The van der Waals surface area contributed by atoms with Gasteiger partial charge in [0.25, 0.3) is 0 Å². The van der Waals surface area contributed by atoms with Crippen LogP contribution < -0.4 is 0 Å². The van der Waals surface area contributed by atoms with Gasteiger partial charge in [0.1, 0.15) is 6.17 Å². The minimum atomic E-state index is 0.647. The number of nitrogens with zero attached hydrogens (tertiary/aromatic N) is 2.